The third kappa shape index (κ3) is 2.75. The van der Waals surface area contributed by atoms with E-state index in [9.17, 15) is 5.26 Å². The van der Waals surface area contributed by atoms with Gasteiger partial charge in [0.05, 0.1) is 31.3 Å². The highest BCUT2D eigenvalue weighted by Crippen LogP contribution is 2.45. The van der Waals surface area contributed by atoms with Gasteiger partial charge < -0.3 is 18.9 Å². The first-order chi connectivity index (χ1) is 9.20. The molecule has 0 aliphatic carbocycles. The Morgan fingerprint density at radius 1 is 1.37 bits per heavy atom. The van der Waals surface area contributed by atoms with Gasteiger partial charge in [0.15, 0.2) is 6.10 Å². The maximum atomic E-state index is 9.26. The Morgan fingerprint density at radius 3 is 2.68 bits per heavy atom. The van der Waals surface area contributed by atoms with Crippen molar-refractivity contribution in [2.24, 2.45) is 5.41 Å². The highest BCUT2D eigenvalue weighted by Gasteiger charge is 2.58. The molecule has 5 nitrogen and oxygen atoms in total. The summed E-state index contributed by atoms with van der Waals surface area (Å²) in [6, 6.07) is 2.19. The average molecular weight is 265 g/mol. The number of terminal acetylenes is 1. The van der Waals surface area contributed by atoms with Gasteiger partial charge in [0, 0.05) is 20.0 Å². The largest absolute Gasteiger partial charge is 0.384 e. The molecule has 2 bridgehead atoms. The summed E-state index contributed by atoms with van der Waals surface area (Å²) in [5, 5.41) is 9.26. The second-order valence-electron chi connectivity index (χ2n) is 5.09. The molecule has 19 heavy (non-hydrogen) atoms. The van der Waals surface area contributed by atoms with Crippen LogP contribution in [0.15, 0.2) is 0 Å². The Labute approximate surface area is 113 Å². The van der Waals surface area contributed by atoms with Gasteiger partial charge in [-0.3, -0.25) is 0 Å². The van der Waals surface area contributed by atoms with Gasteiger partial charge >= 0.3 is 0 Å². The van der Waals surface area contributed by atoms with Gasteiger partial charge in [-0.25, -0.2) is 0 Å². The minimum Gasteiger partial charge on any atom is -0.384 e. The fraction of sp³-hybridized carbons (Fsp3) is 0.786. The van der Waals surface area contributed by atoms with Gasteiger partial charge in [0.1, 0.15) is 0 Å². The minimum absolute atomic E-state index is 0.387. The van der Waals surface area contributed by atoms with E-state index in [1.54, 1.807) is 7.11 Å². The summed E-state index contributed by atoms with van der Waals surface area (Å²) in [5.74, 6) is 1.53. The van der Waals surface area contributed by atoms with Gasteiger partial charge in [-0.2, -0.15) is 5.26 Å². The van der Waals surface area contributed by atoms with Crippen molar-refractivity contribution in [3.63, 3.8) is 0 Å². The number of nitriles is 1. The summed E-state index contributed by atoms with van der Waals surface area (Å²) in [7, 11) is 1.60. The zero-order valence-corrected chi connectivity index (χ0v) is 11.2. The molecule has 1 unspecified atom stereocenters. The number of ether oxygens (including phenoxy) is 4. The fourth-order valence-electron chi connectivity index (χ4n) is 2.50. The molecule has 0 saturated carbocycles. The predicted molar refractivity (Wildman–Crippen MR) is 66.7 cm³/mol. The molecule has 104 valence electrons. The van der Waals surface area contributed by atoms with Gasteiger partial charge in [-0.05, 0) is 12.8 Å². The quantitative estimate of drug-likeness (QED) is 0.537. The molecule has 0 aromatic rings. The minimum atomic E-state index is -1.06. The van der Waals surface area contributed by atoms with Crippen LogP contribution in [-0.4, -0.2) is 39.0 Å². The average Bonchev–Trinajstić information content (AvgIpc) is 2.45. The van der Waals surface area contributed by atoms with Crippen molar-refractivity contribution in [3.05, 3.63) is 0 Å². The predicted octanol–water partition coefficient (Wildman–Crippen LogP) is 1.44. The van der Waals surface area contributed by atoms with Gasteiger partial charge in [-0.15, -0.1) is 12.3 Å². The van der Waals surface area contributed by atoms with E-state index in [2.05, 4.69) is 12.0 Å². The van der Waals surface area contributed by atoms with Crippen LogP contribution in [0, 0.1) is 29.1 Å². The lowest BCUT2D eigenvalue weighted by molar-refractivity contribution is -0.485. The lowest BCUT2D eigenvalue weighted by Gasteiger charge is -2.53. The van der Waals surface area contributed by atoms with Gasteiger partial charge in [-0.1, -0.05) is 0 Å². The first-order valence-electron chi connectivity index (χ1n) is 6.48. The molecule has 0 aromatic heterocycles. The first kappa shape index (κ1) is 14.3. The Kier molecular flexibility index (Phi) is 4.44. The maximum Gasteiger partial charge on any atom is 0.284 e. The standard InChI is InChI=1S/C14H19NO4/c1-3-4-5-6-7-14-17-10-13(9-16-2,11-18-14)12(8-15)19-14/h1,12H,4-7,9-11H2,2H3. The van der Waals surface area contributed by atoms with Crippen LogP contribution in [0.5, 0.6) is 0 Å². The van der Waals surface area contributed by atoms with Crippen LogP contribution in [0.1, 0.15) is 25.7 Å². The van der Waals surface area contributed by atoms with E-state index in [1.807, 2.05) is 0 Å². The Morgan fingerprint density at radius 2 is 2.11 bits per heavy atom. The van der Waals surface area contributed by atoms with Crippen molar-refractivity contribution in [1.29, 1.82) is 5.26 Å². The van der Waals surface area contributed by atoms with Gasteiger partial charge in [0.25, 0.3) is 5.97 Å². The number of unbranched alkanes of at least 4 members (excludes halogenated alkanes) is 2. The summed E-state index contributed by atoms with van der Waals surface area (Å²) in [6.45, 7) is 1.24. The monoisotopic (exact) mass is 265 g/mol. The van der Waals surface area contributed by atoms with E-state index in [0.29, 0.717) is 26.2 Å². The van der Waals surface area contributed by atoms with Crippen LogP contribution >= 0.6 is 0 Å². The Hall–Kier alpha value is -1.11. The highest BCUT2D eigenvalue weighted by atomic mass is 16.9. The van der Waals surface area contributed by atoms with Crippen LogP contribution in [0.2, 0.25) is 0 Å². The van der Waals surface area contributed by atoms with E-state index in [4.69, 9.17) is 25.4 Å². The maximum absolute atomic E-state index is 9.26. The molecule has 3 aliphatic rings. The number of rotatable bonds is 6. The summed E-state index contributed by atoms with van der Waals surface area (Å²) >= 11 is 0. The lowest BCUT2D eigenvalue weighted by Crippen LogP contribution is -2.65. The third-order valence-electron chi connectivity index (χ3n) is 3.62. The molecule has 1 atom stereocenters. The molecule has 0 aromatic carbocycles. The molecule has 3 fully saturated rings. The molecule has 0 spiro atoms. The number of hydrogen-bond donors (Lipinski definition) is 0. The van der Waals surface area contributed by atoms with Crippen LogP contribution in [0.4, 0.5) is 0 Å². The summed E-state index contributed by atoms with van der Waals surface area (Å²) < 4.78 is 22.3. The summed E-state index contributed by atoms with van der Waals surface area (Å²) in [4.78, 5) is 0. The van der Waals surface area contributed by atoms with E-state index in [1.165, 1.54) is 0 Å². The fourth-order valence-corrected chi connectivity index (χ4v) is 2.50. The molecule has 5 heteroatoms. The number of fused-ring (bicyclic) bond motifs is 3. The molecule has 0 N–H and O–H groups in total. The third-order valence-corrected chi connectivity index (χ3v) is 3.62. The highest BCUT2D eigenvalue weighted by molar-refractivity contribution is 5.05. The van der Waals surface area contributed by atoms with Crippen molar-refractivity contribution < 1.29 is 18.9 Å². The van der Waals surface area contributed by atoms with Gasteiger partial charge in [0.2, 0.25) is 0 Å². The SMILES string of the molecule is C#CCCCCC12OCC(COC)(CO1)C(C#N)O2. The zero-order chi connectivity index (χ0) is 13.8. The molecule has 3 aliphatic heterocycles. The Bertz CT molecular complexity index is 387. The number of nitrogens with zero attached hydrogens (tertiary/aromatic N) is 1. The van der Waals surface area contributed by atoms with E-state index >= 15 is 0 Å². The second-order valence-corrected chi connectivity index (χ2v) is 5.09. The molecule has 0 amide bonds. The second kappa shape index (κ2) is 5.90. The van der Waals surface area contributed by atoms with E-state index in [-0.39, 0.29) is 0 Å². The van der Waals surface area contributed by atoms with E-state index < -0.39 is 17.5 Å². The van der Waals surface area contributed by atoms with Crippen molar-refractivity contribution in [2.75, 3.05) is 26.9 Å². The molecular formula is C14H19NO4. The van der Waals surface area contributed by atoms with Crippen molar-refractivity contribution in [1.82, 2.24) is 0 Å². The molecule has 3 rings (SSSR count). The number of methoxy groups -OCH3 is 1. The lowest BCUT2D eigenvalue weighted by atomic mass is 9.82. The van der Waals surface area contributed by atoms with Crippen molar-refractivity contribution in [3.8, 4) is 18.4 Å². The molecular weight excluding hydrogens is 246 g/mol. The summed E-state index contributed by atoms with van der Waals surface area (Å²) in [5.41, 5.74) is -0.510. The smallest absolute Gasteiger partial charge is 0.284 e. The molecule has 3 heterocycles. The van der Waals surface area contributed by atoms with Crippen LogP contribution < -0.4 is 0 Å². The first-order valence-corrected chi connectivity index (χ1v) is 6.48. The van der Waals surface area contributed by atoms with Crippen molar-refractivity contribution in [2.45, 2.75) is 37.8 Å². The van der Waals surface area contributed by atoms with Crippen LogP contribution in [-0.2, 0) is 18.9 Å². The topological polar surface area (TPSA) is 60.7 Å². The van der Waals surface area contributed by atoms with E-state index in [0.717, 1.165) is 19.3 Å². The molecule has 3 saturated heterocycles. The zero-order valence-electron chi connectivity index (χ0n) is 11.2. The van der Waals surface area contributed by atoms with Crippen LogP contribution in [0.25, 0.3) is 0 Å². The van der Waals surface area contributed by atoms with Crippen LogP contribution in [0.3, 0.4) is 0 Å². The number of hydrogen-bond acceptors (Lipinski definition) is 5. The molecule has 0 radical (unpaired) electrons. The Balaban J connectivity index is 1.97. The van der Waals surface area contributed by atoms with Crippen molar-refractivity contribution >= 4 is 0 Å². The normalized spacial score (nSPS) is 36.7. The summed E-state index contributed by atoms with van der Waals surface area (Å²) in [6.07, 6.45) is 7.73.